The second-order valence-corrected chi connectivity index (χ2v) is 8.46. The van der Waals surface area contributed by atoms with E-state index in [4.69, 9.17) is 0 Å². The number of aromatic nitrogens is 1. The van der Waals surface area contributed by atoms with E-state index in [0.717, 1.165) is 11.3 Å². The van der Waals surface area contributed by atoms with Gasteiger partial charge in [0.25, 0.3) is 11.8 Å². The molecule has 2 heterocycles. The summed E-state index contributed by atoms with van der Waals surface area (Å²) in [5.41, 5.74) is 4.43. The molecule has 34 heavy (non-hydrogen) atoms. The maximum Gasteiger partial charge on any atom is 0.278 e. The number of carbonyl (C=O) groups is 3. The molecule has 0 spiro atoms. The van der Waals surface area contributed by atoms with Crippen molar-refractivity contribution in [1.82, 2.24) is 9.88 Å². The van der Waals surface area contributed by atoms with Crippen molar-refractivity contribution in [3.63, 3.8) is 0 Å². The maximum atomic E-state index is 13.4. The molecule has 0 aliphatic carbocycles. The van der Waals surface area contributed by atoms with Gasteiger partial charge in [-0.25, -0.2) is 0 Å². The number of hydrogen-bond acceptors (Lipinski definition) is 5. The van der Waals surface area contributed by atoms with Crippen molar-refractivity contribution in [2.24, 2.45) is 0 Å². The molecule has 0 bridgehead atoms. The number of nitrogens with one attached hydrogen (secondary N) is 2. The molecule has 0 atom stereocenters. The van der Waals surface area contributed by atoms with E-state index in [1.54, 1.807) is 48.8 Å². The van der Waals surface area contributed by atoms with E-state index in [-0.39, 0.29) is 24.1 Å². The van der Waals surface area contributed by atoms with Crippen LogP contribution in [-0.2, 0) is 20.9 Å². The summed E-state index contributed by atoms with van der Waals surface area (Å²) in [5, 5.41) is 5.89. The van der Waals surface area contributed by atoms with Gasteiger partial charge in [-0.1, -0.05) is 38.1 Å². The van der Waals surface area contributed by atoms with Crippen LogP contribution in [0.25, 0.3) is 5.57 Å². The number of carbonyl (C=O) groups excluding carboxylic acids is 3. The fourth-order valence-electron chi connectivity index (χ4n) is 3.79. The van der Waals surface area contributed by atoms with Crippen LogP contribution in [0.4, 0.5) is 11.4 Å². The standard InChI is InChI=1S/C27H26N4O3/c1-17(2)20-4-8-23(9-5-20)30-25-24(21-6-10-22(11-7-21)29-18(3)32)26(33)31(27(25)34)16-19-12-14-28-15-13-19/h4-15,17,30H,16H2,1-3H3,(H,29,32). The largest absolute Gasteiger partial charge is 0.350 e. The van der Waals surface area contributed by atoms with Crippen molar-refractivity contribution in [1.29, 1.82) is 0 Å². The average Bonchev–Trinajstić information content (AvgIpc) is 3.04. The lowest BCUT2D eigenvalue weighted by Gasteiger charge is -2.15. The third-order valence-electron chi connectivity index (χ3n) is 5.60. The van der Waals surface area contributed by atoms with Gasteiger partial charge in [0.1, 0.15) is 5.70 Å². The van der Waals surface area contributed by atoms with Crippen molar-refractivity contribution in [3.8, 4) is 0 Å². The molecule has 3 amide bonds. The van der Waals surface area contributed by atoms with Crippen molar-refractivity contribution in [2.45, 2.75) is 33.2 Å². The Morgan fingerprint density at radius 1 is 0.882 bits per heavy atom. The zero-order chi connectivity index (χ0) is 24.2. The molecule has 3 aromatic rings. The predicted octanol–water partition coefficient (Wildman–Crippen LogP) is 4.56. The fourth-order valence-corrected chi connectivity index (χ4v) is 3.79. The summed E-state index contributed by atoms with van der Waals surface area (Å²) < 4.78 is 0. The summed E-state index contributed by atoms with van der Waals surface area (Å²) in [5.74, 6) is -0.572. The second kappa shape index (κ2) is 9.70. The first-order chi connectivity index (χ1) is 16.3. The van der Waals surface area contributed by atoms with E-state index in [2.05, 4.69) is 29.5 Å². The molecule has 0 saturated carbocycles. The van der Waals surface area contributed by atoms with Crippen LogP contribution in [0.1, 0.15) is 43.4 Å². The molecule has 0 fully saturated rings. The molecule has 1 aliphatic rings. The SMILES string of the molecule is CC(=O)Nc1ccc(C2=C(Nc3ccc(C(C)C)cc3)C(=O)N(Cc3ccncc3)C2=O)cc1. The highest BCUT2D eigenvalue weighted by Gasteiger charge is 2.39. The van der Waals surface area contributed by atoms with Crippen LogP contribution in [0.3, 0.4) is 0 Å². The molecule has 0 radical (unpaired) electrons. The van der Waals surface area contributed by atoms with Crippen LogP contribution < -0.4 is 10.6 Å². The van der Waals surface area contributed by atoms with Gasteiger partial charge in [0.05, 0.1) is 12.1 Å². The van der Waals surface area contributed by atoms with Crippen LogP contribution in [0.5, 0.6) is 0 Å². The topological polar surface area (TPSA) is 91.4 Å². The van der Waals surface area contributed by atoms with Crippen LogP contribution in [0, 0.1) is 0 Å². The number of benzene rings is 2. The summed E-state index contributed by atoms with van der Waals surface area (Å²) in [6.45, 7) is 5.80. The third kappa shape index (κ3) is 4.88. The lowest BCUT2D eigenvalue weighted by molar-refractivity contribution is -0.137. The number of hydrogen-bond donors (Lipinski definition) is 2. The summed E-state index contributed by atoms with van der Waals surface area (Å²) >= 11 is 0. The van der Waals surface area contributed by atoms with E-state index in [1.165, 1.54) is 17.4 Å². The van der Waals surface area contributed by atoms with Gasteiger partial charge < -0.3 is 10.6 Å². The summed E-state index contributed by atoms with van der Waals surface area (Å²) in [7, 11) is 0. The molecule has 1 aliphatic heterocycles. The monoisotopic (exact) mass is 454 g/mol. The first kappa shape index (κ1) is 22.9. The van der Waals surface area contributed by atoms with Gasteiger partial charge in [-0.15, -0.1) is 0 Å². The normalized spacial score (nSPS) is 13.6. The van der Waals surface area contributed by atoms with Crippen LogP contribution in [0.2, 0.25) is 0 Å². The van der Waals surface area contributed by atoms with E-state index >= 15 is 0 Å². The maximum absolute atomic E-state index is 13.4. The Bertz CT molecular complexity index is 1250. The molecule has 2 N–H and O–H groups in total. The van der Waals surface area contributed by atoms with Gasteiger partial charge in [0.2, 0.25) is 5.91 Å². The van der Waals surface area contributed by atoms with Gasteiger partial charge in [0.15, 0.2) is 0 Å². The zero-order valence-corrected chi connectivity index (χ0v) is 19.3. The Balaban J connectivity index is 1.70. The highest BCUT2D eigenvalue weighted by molar-refractivity contribution is 6.36. The first-order valence-corrected chi connectivity index (χ1v) is 11.1. The highest BCUT2D eigenvalue weighted by atomic mass is 16.2. The fraction of sp³-hybridized carbons (Fsp3) is 0.185. The quantitative estimate of drug-likeness (QED) is 0.511. The minimum absolute atomic E-state index is 0.144. The van der Waals surface area contributed by atoms with E-state index in [0.29, 0.717) is 22.7 Å². The van der Waals surface area contributed by atoms with Crippen molar-refractivity contribution in [3.05, 3.63) is 95.4 Å². The number of amides is 3. The van der Waals surface area contributed by atoms with Crippen LogP contribution in [0.15, 0.2) is 78.8 Å². The second-order valence-electron chi connectivity index (χ2n) is 8.46. The van der Waals surface area contributed by atoms with Crippen molar-refractivity contribution in [2.75, 3.05) is 10.6 Å². The molecule has 7 nitrogen and oxygen atoms in total. The third-order valence-corrected chi connectivity index (χ3v) is 5.60. The van der Waals surface area contributed by atoms with Gasteiger partial charge in [0, 0.05) is 30.7 Å². The molecule has 172 valence electrons. The number of nitrogens with zero attached hydrogens (tertiary/aromatic N) is 2. The lowest BCUT2D eigenvalue weighted by atomic mass is 10.0. The summed E-state index contributed by atoms with van der Waals surface area (Å²) in [6, 6.07) is 18.3. The molecular formula is C27H26N4O3. The summed E-state index contributed by atoms with van der Waals surface area (Å²) in [6.07, 6.45) is 3.26. The Labute approximate surface area is 198 Å². The first-order valence-electron chi connectivity index (χ1n) is 11.1. The van der Waals surface area contributed by atoms with Gasteiger partial charge >= 0.3 is 0 Å². The number of pyridine rings is 1. The van der Waals surface area contributed by atoms with Gasteiger partial charge in [-0.3, -0.25) is 24.3 Å². The Hall–Kier alpha value is -4.26. The molecule has 7 heteroatoms. The smallest absolute Gasteiger partial charge is 0.278 e. The van der Waals surface area contributed by atoms with Gasteiger partial charge in [-0.2, -0.15) is 0 Å². The molecule has 0 unspecified atom stereocenters. The molecule has 4 rings (SSSR count). The summed E-state index contributed by atoms with van der Waals surface area (Å²) in [4.78, 5) is 43.4. The van der Waals surface area contributed by atoms with Crippen molar-refractivity contribution < 1.29 is 14.4 Å². The Morgan fingerprint density at radius 3 is 2.09 bits per heavy atom. The molecular weight excluding hydrogens is 428 g/mol. The van der Waals surface area contributed by atoms with E-state index in [1.807, 2.05) is 24.3 Å². The average molecular weight is 455 g/mol. The van der Waals surface area contributed by atoms with Crippen LogP contribution in [-0.4, -0.2) is 27.6 Å². The Morgan fingerprint density at radius 2 is 1.50 bits per heavy atom. The van der Waals surface area contributed by atoms with Crippen LogP contribution >= 0.6 is 0 Å². The molecule has 2 aromatic carbocycles. The Kier molecular flexibility index (Phi) is 6.54. The number of rotatable bonds is 7. The van der Waals surface area contributed by atoms with E-state index < -0.39 is 5.91 Å². The zero-order valence-electron chi connectivity index (χ0n) is 19.3. The predicted molar refractivity (Wildman–Crippen MR) is 132 cm³/mol. The minimum atomic E-state index is -0.393. The van der Waals surface area contributed by atoms with Gasteiger partial charge in [-0.05, 0) is 59.0 Å². The van der Waals surface area contributed by atoms with E-state index in [9.17, 15) is 14.4 Å². The number of imide groups is 1. The highest BCUT2D eigenvalue weighted by Crippen LogP contribution is 2.32. The molecule has 0 saturated heterocycles. The number of anilines is 2. The van der Waals surface area contributed by atoms with Crippen molar-refractivity contribution >= 4 is 34.7 Å². The molecule has 1 aromatic heterocycles. The lowest BCUT2D eigenvalue weighted by Crippen LogP contribution is -2.32. The minimum Gasteiger partial charge on any atom is -0.350 e.